The second-order valence-corrected chi connectivity index (χ2v) is 8.49. The molecule has 2 aromatic carbocycles. The second kappa shape index (κ2) is 14.1. The van der Waals surface area contributed by atoms with Gasteiger partial charge in [-0.1, -0.05) is 64.4 Å². The Labute approximate surface area is 196 Å². The molecule has 0 aliphatic heterocycles. The van der Waals surface area contributed by atoms with Crippen molar-refractivity contribution in [3.8, 4) is 0 Å². The molecule has 0 radical (unpaired) electrons. The van der Waals surface area contributed by atoms with E-state index < -0.39 is 5.97 Å². The van der Waals surface area contributed by atoms with Crippen LogP contribution in [-0.4, -0.2) is 22.9 Å². The SMILES string of the molecule is CCCCCCCCCCCC(=O)Nc1ccc(C(=O)Nc2cc(C(=O)O)ccc2C)cc1. The van der Waals surface area contributed by atoms with Gasteiger partial charge in [-0.3, -0.25) is 9.59 Å². The first kappa shape index (κ1) is 26.1. The van der Waals surface area contributed by atoms with Gasteiger partial charge in [-0.05, 0) is 55.3 Å². The van der Waals surface area contributed by atoms with Crippen LogP contribution in [0, 0.1) is 6.92 Å². The van der Waals surface area contributed by atoms with E-state index in [9.17, 15) is 14.4 Å². The van der Waals surface area contributed by atoms with E-state index in [-0.39, 0.29) is 17.4 Å². The topological polar surface area (TPSA) is 95.5 Å². The fourth-order valence-corrected chi connectivity index (χ4v) is 3.61. The number of hydrogen-bond donors (Lipinski definition) is 3. The van der Waals surface area contributed by atoms with E-state index in [1.54, 1.807) is 37.3 Å². The van der Waals surface area contributed by atoms with Crippen LogP contribution in [0.1, 0.15) is 97.4 Å². The van der Waals surface area contributed by atoms with Crippen molar-refractivity contribution >= 4 is 29.2 Å². The highest BCUT2D eigenvalue weighted by molar-refractivity contribution is 6.05. The van der Waals surface area contributed by atoms with E-state index in [1.807, 2.05) is 0 Å². The number of aromatic carboxylic acids is 1. The van der Waals surface area contributed by atoms with Crippen molar-refractivity contribution < 1.29 is 19.5 Å². The number of carboxylic acid groups (broad SMARTS) is 1. The summed E-state index contributed by atoms with van der Waals surface area (Å²) >= 11 is 0. The highest BCUT2D eigenvalue weighted by Crippen LogP contribution is 2.19. The van der Waals surface area contributed by atoms with Crippen LogP contribution in [0.15, 0.2) is 42.5 Å². The Morgan fingerprint density at radius 3 is 1.94 bits per heavy atom. The van der Waals surface area contributed by atoms with Crippen LogP contribution in [0.25, 0.3) is 0 Å². The van der Waals surface area contributed by atoms with Gasteiger partial charge in [-0.2, -0.15) is 0 Å². The Morgan fingerprint density at radius 2 is 1.33 bits per heavy atom. The monoisotopic (exact) mass is 452 g/mol. The molecule has 0 spiro atoms. The highest BCUT2D eigenvalue weighted by atomic mass is 16.4. The third-order valence-corrected chi connectivity index (χ3v) is 5.67. The van der Waals surface area contributed by atoms with Gasteiger partial charge >= 0.3 is 5.97 Å². The number of nitrogens with one attached hydrogen (secondary N) is 2. The van der Waals surface area contributed by atoms with Crippen molar-refractivity contribution in [2.75, 3.05) is 10.6 Å². The first-order valence-electron chi connectivity index (χ1n) is 12.0. The number of hydrogen-bond acceptors (Lipinski definition) is 3. The predicted octanol–water partition coefficient (Wildman–Crippen LogP) is 6.80. The highest BCUT2D eigenvalue weighted by Gasteiger charge is 2.11. The van der Waals surface area contributed by atoms with E-state index in [1.165, 1.54) is 57.1 Å². The molecule has 0 saturated heterocycles. The normalized spacial score (nSPS) is 10.6. The largest absolute Gasteiger partial charge is 0.478 e. The molecule has 0 aliphatic carbocycles. The molecule has 6 heteroatoms. The van der Waals surface area contributed by atoms with Crippen LogP contribution in [-0.2, 0) is 4.79 Å². The fraction of sp³-hybridized carbons (Fsp3) is 0.444. The Balaban J connectivity index is 1.74. The fourth-order valence-electron chi connectivity index (χ4n) is 3.61. The lowest BCUT2D eigenvalue weighted by molar-refractivity contribution is -0.116. The van der Waals surface area contributed by atoms with Gasteiger partial charge in [0.1, 0.15) is 0 Å². The lowest BCUT2D eigenvalue weighted by Gasteiger charge is -2.10. The standard InChI is InChI=1S/C27H36N2O4/c1-3-4-5-6-7-8-9-10-11-12-25(30)28-23-17-15-21(16-18-23)26(31)29-24-19-22(27(32)33)14-13-20(24)2/h13-19H,3-12H2,1-2H3,(H,28,30)(H,29,31)(H,32,33). The number of anilines is 2. The van der Waals surface area contributed by atoms with Gasteiger partial charge in [-0.15, -0.1) is 0 Å². The molecule has 2 rings (SSSR count). The molecule has 6 nitrogen and oxygen atoms in total. The number of unbranched alkanes of at least 4 members (excludes halogenated alkanes) is 8. The number of carbonyl (C=O) groups excluding carboxylic acids is 2. The van der Waals surface area contributed by atoms with E-state index in [4.69, 9.17) is 5.11 Å². The van der Waals surface area contributed by atoms with Crippen molar-refractivity contribution in [3.63, 3.8) is 0 Å². The van der Waals surface area contributed by atoms with Crippen molar-refractivity contribution in [3.05, 3.63) is 59.2 Å². The third-order valence-electron chi connectivity index (χ3n) is 5.67. The maximum atomic E-state index is 12.5. The van der Waals surface area contributed by atoms with Gasteiger partial charge in [0.05, 0.1) is 5.56 Å². The number of rotatable bonds is 14. The third kappa shape index (κ3) is 9.48. The summed E-state index contributed by atoms with van der Waals surface area (Å²) in [6.07, 6.45) is 11.4. The number of carboxylic acids is 1. The van der Waals surface area contributed by atoms with Crippen LogP contribution in [0.2, 0.25) is 0 Å². The molecule has 2 aromatic rings. The summed E-state index contributed by atoms with van der Waals surface area (Å²) in [7, 11) is 0. The van der Waals surface area contributed by atoms with E-state index in [0.717, 1.165) is 18.4 Å². The van der Waals surface area contributed by atoms with Crippen LogP contribution in [0.3, 0.4) is 0 Å². The van der Waals surface area contributed by atoms with Crippen molar-refractivity contribution in [1.82, 2.24) is 0 Å². The second-order valence-electron chi connectivity index (χ2n) is 8.49. The van der Waals surface area contributed by atoms with Crippen LogP contribution in [0.4, 0.5) is 11.4 Å². The molecule has 0 heterocycles. The van der Waals surface area contributed by atoms with Gasteiger partial charge in [-0.25, -0.2) is 4.79 Å². The number of carbonyl (C=O) groups is 3. The predicted molar refractivity (Wildman–Crippen MR) is 133 cm³/mol. The molecular weight excluding hydrogens is 416 g/mol. The summed E-state index contributed by atoms with van der Waals surface area (Å²) in [6, 6.07) is 11.3. The molecule has 0 fully saturated rings. The van der Waals surface area contributed by atoms with Gasteiger partial charge in [0, 0.05) is 23.4 Å². The summed E-state index contributed by atoms with van der Waals surface area (Å²) in [6.45, 7) is 4.02. The average Bonchev–Trinajstić information content (AvgIpc) is 2.79. The Morgan fingerprint density at radius 1 is 0.758 bits per heavy atom. The van der Waals surface area contributed by atoms with Gasteiger partial charge in [0.25, 0.3) is 5.91 Å². The minimum atomic E-state index is -1.05. The molecular formula is C27H36N2O4. The summed E-state index contributed by atoms with van der Waals surface area (Å²) < 4.78 is 0. The molecule has 0 atom stereocenters. The molecule has 3 N–H and O–H groups in total. The molecule has 0 saturated carbocycles. The minimum absolute atomic E-state index is 0.0174. The molecule has 0 unspecified atom stereocenters. The number of amides is 2. The average molecular weight is 453 g/mol. The minimum Gasteiger partial charge on any atom is -0.478 e. The molecule has 2 amide bonds. The zero-order chi connectivity index (χ0) is 24.1. The summed E-state index contributed by atoms with van der Waals surface area (Å²) in [4.78, 5) is 35.9. The van der Waals surface area contributed by atoms with Crippen LogP contribution >= 0.6 is 0 Å². The number of benzene rings is 2. The zero-order valence-corrected chi connectivity index (χ0v) is 19.8. The smallest absolute Gasteiger partial charge is 0.335 e. The first-order valence-corrected chi connectivity index (χ1v) is 12.0. The lowest BCUT2D eigenvalue weighted by atomic mass is 10.1. The summed E-state index contributed by atoms with van der Waals surface area (Å²) in [5, 5.41) is 14.8. The van der Waals surface area contributed by atoms with Crippen molar-refractivity contribution in [2.45, 2.75) is 78.1 Å². The molecule has 0 aliphatic rings. The summed E-state index contributed by atoms with van der Waals surface area (Å²) in [5.41, 5.74) is 2.41. The van der Waals surface area contributed by atoms with Crippen LogP contribution < -0.4 is 10.6 Å². The maximum absolute atomic E-state index is 12.5. The van der Waals surface area contributed by atoms with Crippen molar-refractivity contribution in [1.29, 1.82) is 0 Å². The van der Waals surface area contributed by atoms with E-state index in [2.05, 4.69) is 17.6 Å². The Bertz CT molecular complexity index is 922. The molecule has 0 bridgehead atoms. The van der Waals surface area contributed by atoms with Crippen molar-refractivity contribution in [2.24, 2.45) is 0 Å². The summed E-state index contributed by atoms with van der Waals surface area (Å²) in [5.74, 6) is -1.41. The maximum Gasteiger partial charge on any atom is 0.335 e. The van der Waals surface area contributed by atoms with Gasteiger partial charge in [0.2, 0.25) is 5.91 Å². The van der Waals surface area contributed by atoms with Gasteiger partial charge in [0.15, 0.2) is 0 Å². The molecule has 0 aromatic heterocycles. The Kier molecular flexibility index (Phi) is 11.1. The molecule has 178 valence electrons. The lowest BCUT2D eigenvalue weighted by Crippen LogP contribution is -2.14. The van der Waals surface area contributed by atoms with Crippen LogP contribution in [0.5, 0.6) is 0 Å². The number of aryl methyl sites for hydroxylation is 1. The quantitative estimate of drug-likeness (QED) is 0.275. The van der Waals surface area contributed by atoms with E-state index in [0.29, 0.717) is 23.4 Å². The zero-order valence-electron chi connectivity index (χ0n) is 19.8. The Hall–Kier alpha value is -3.15. The van der Waals surface area contributed by atoms with E-state index >= 15 is 0 Å². The molecule has 33 heavy (non-hydrogen) atoms. The van der Waals surface area contributed by atoms with Gasteiger partial charge < -0.3 is 15.7 Å². The first-order chi connectivity index (χ1) is 15.9.